The molecule has 0 unspecified atom stereocenters. The van der Waals surface area contributed by atoms with E-state index in [0.717, 1.165) is 17.7 Å². The molecule has 0 aromatic heterocycles. The predicted octanol–water partition coefficient (Wildman–Crippen LogP) is 4.26. The molecule has 0 radical (unpaired) electrons. The standard InChI is InChI=1S/C21H19ClN2O2/c22-18-8-6-16(7-9-18)20-21(17-3-1-2-15(10-17)11-23)26-13-19(25)24(20)12-14-4-5-14/h1-3,6-10,14,20-21H,4-5,12-13H2/t20-,21+/m0/s1. The SMILES string of the molecule is N#Cc1cccc([C@H]2OCC(=O)N(CC3CC3)[C@H]2c2ccc(Cl)cc2)c1. The Morgan fingerprint density at radius 3 is 2.62 bits per heavy atom. The molecule has 1 aliphatic carbocycles. The summed E-state index contributed by atoms with van der Waals surface area (Å²) in [7, 11) is 0. The van der Waals surface area contributed by atoms with Crippen molar-refractivity contribution in [2.75, 3.05) is 13.2 Å². The van der Waals surface area contributed by atoms with E-state index in [2.05, 4.69) is 6.07 Å². The van der Waals surface area contributed by atoms with Crippen molar-refractivity contribution in [3.8, 4) is 6.07 Å². The third kappa shape index (κ3) is 3.46. The number of amides is 1. The maximum absolute atomic E-state index is 12.6. The number of benzene rings is 2. The molecule has 2 atom stereocenters. The molecule has 2 aromatic carbocycles. The second-order valence-electron chi connectivity index (χ2n) is 6.95. The fourth-order valence-electron chi connectivity index (χ4n) is 3.53. The van der Waals surface area contributed by atoms with Gasteiger partial charge in [0.05, 0.1) is 17.7 Å². The van der Waals surface area contributed by atoms with Crippen LogP contribution in [0.1, 0.15) is 41.7 Å². The molecule has 2 aliphatic rings. The van der Waals surface area contributed by atoms with Gasteiger partial charge >= 0.3 is 0 Å². The van der Waals surface area contributed by atoms with E-state index in [1.165, 1.54) is 12.8 Å². The van der Waals surface area contributed by atoms with Crippen LogP contribution in [0.3, 0.4) is 0 Å². The lowest BCUT2D eigenvalue weighted by Crippen LogP contribution is -2.46. The van der Waals surface area contributed by atoms with Crippen molar-refractivity contribution in [1.82, 2.24) is 4.90 Å². The first-order valence-electron chi connectivity index (χ1n) is 8.82. The van der Waals surface area contributed by atoms with E-state index in [9.17, 15) is 10.1 Å². The molecule has 1 saturated carbocycles. The number of morpholine rings is 1. The minimum Gasteiger partial charge on any atom is -0.361 e. The number of hydrogen-bond donors (Lipinski definition) is 0. The lowest BCUT2D eigenvalue weighted by Gasteiger charge is -2.41. The second kappa shape index (κ2) is 7.11. The first-order valence-corrected chi connectivity index (χ1v) is 9.20. The van der Waals surface area contributed by atoms with Crippen molar-refractivity contribution in [2.45, 2.75) is 25.0 Å². The Bertz CT molecular complexity index is 855. The van der Waals surface area contributed by atoms with Crippen molar-refractivity contribution in [3.63, 3.8) is 0 Å². The minimum absolute atomic E-state index is 0.0181. The summed E-state index contributed by atoms with van der Waals surface area (Å²) < 4.78 is 5.97. The van der Waals surface area contributed by atoms with Gasteiger partial charge in [0.25, 0.3) is 0 Å². The van der Waals surface area contributed by atoms with Gasteiger partial charge in [0.15, 0.2) is 0 Å². The summed E-state index contributed by atoms with van der Waals surface area (Å²) in [6.45, 7) is 0.822. The van der Waals surface area contributed by atoms with Crippen LogP contribution in [0.5, 0.6) is 0 Å². The quantitative estimate of drug-likeness (QED) is 0.812. The molecule has 1 saturated heterocycles. The number of nitriles is 1. The van der Waals surface area contributed by atoms with Gasteiger partial charge in [0.1, 0.15) is 12.7 Å². The number of ether oxygens (including phenoxy) is 1. The number of nitrogens with zero attached hydrogens (tertiary/aromatic N) is 2. The van der Waals surface area contributed by atoms with Gasteiger partial charge in [0.2, 0.25) is 5.91 Å². The summed E-state index contributed by atoms with van der Waals surface area (Å²) in [5, 5.41) is 9.89. The summed E-state index contributed by atoms with van der Waals surface area (Å²) in [6, 6.07) is 17.0. The Kier molecular flexibility index (Phi) is 4.67. The van der Waals surface area contributed by atoms with Gasteiger partial charge in [-0.1, -0.05) is 35.9 Å². The molecular weight excluding hydrogens is 348 g/mol. The van der Waals surface area contributed by atoms with Crippen LogP contribution < -0.4 is 0 Å². The number of rotatable bonds is 4. The molecule has 2 aromatic rings. The third-order valence-electron chi connectivity index (χ3n) is 5.04. The zero-order chi connectivity index (χ0) is 18.1. The van der Waals surface area contributed by atoms with E-state index in [0.29, 0.717) is 16.5 Å². The molecule has 4 nitrogen and oxygen atoms in total. The maximum Gasteiger partial charge on any atom is 0.249 e. The number of hydrogen-bond acceptors (Lipinski definition) is 3. The Morgan fingerprint density at radius 2 is 1.92 bits per heavy atom. The second-order valence-corrected chi connectivity index (χ2v) is 7.39. The van der Waals surface area contributed by atoms with Gasteiger partial charge < -0.3 is 9.64 Å². The highest BCUT2D eigenvalue weighted by Crippen LogP contribution is 2.43. The molecule has 26 heavy (non-hydrogen) atoms. The molecule has 1 amide bonds. The highest BCUT2D eigenvalue weighted by atomic mass is 35.5. The molecule has 2 fully saturated rings. The zero-order valence-electron chi connectivity index (χ0n) is 14.3. The summed E-state index contributed by atoms with van der Waals surface area (Å²) in [5.41, 5.74) is 2.50. The maximum atomic E-state index is 12.6. The van der Waals surface area contributed by atoms with Crippen molar-refractivity contribution in [2.24, 2.45) is 5.92 Å². The van der Waals surface area contributed by atoms with Crippen LogP contribution in [0, 0.1) is 17.2 Å². The van der Waals surface area contributed by atoms with Gasteiger partial charge in [-0.2, -0.15) is 5.26 Å². The topological polar surface area (TPSA) is 53.3 Å². The average Bonchev–Trinajstić information content (AvgIpc) is 3.48. The fourth-order valence-corrected chi connectivity index (χ4v) is 3.65. The molecule has 0 N–H and O–H groups in total. The highest BCUT2D eigenvalue weighted by molar-refractivity contribution is 6.30. The molecule has 132 valence electrons. The lowest BCUT2D eigenvalue weighted by molar-refractivity contribution is -0.159. The lowest BCUT2D eigenvalue weighted by atomic mass is 9.91. The molecule has 1 heterocycles. The van der Waals surface area contributed by atoms with E-state index in [4.69, 9.17) is 16.3 Å². The van der Waals surface area contributed by atoms with E-state index >= 15 is 0 Å². The van der Waals surface area contributed by atoms with Crippen LogP contribution in [0.4, 0.5) is 0 Å². The molecule has 4 rings (SSSR count). The van der Waals surface area contributed by atoms with Crippen LogP contribution in [-0.4, -0.2) is 24.0 Å². The van der Waals surface area contributed by atoms with E-state index in [1.807, 2.05) is 47.4 Å². The van der Waals surface area contributed by atoms with Gasteiger partial charge in [0, 0.05) is 11.6 Å². The smallest absolute Gasteiger partial charge is 0.249 e. The summed E-state index contributed by atoms with van der Waals surface area (Å²) in [4.78, 5) is 14.6. The Balaban J connectivity index is 1.75. The first kappa shape index (κ1) is 17.1. The monoisotopic (exact) mass is 366 g/mol. The number of carbonyl (C=O) groups is 1. The van der Waals surface area contributed by atoms with Crippen molar-refractivity contribution >= 4 is 17.5 Å². The van der Waals surface area contributed by atoms with Gasteiger partial charge in [-0.15, -0.1) is 0 Å². The van der Waals surface area contributed by atoms with Crippen LogP contribution in [0.15, 0.2) is 48.5 Å². The number of carbonyl (C=O) groups excluding carboxylic acids is 1. The third-order valence-corrected chi connectivity index (χ3v) is 5.29. The van der Waals surface area contributed by atoms with E-state index < -0.39 is 0 Å². The first-order chi connectivity index (χ1) is 12.7. The van der Waals surface area contributed by atoms with E-state index in [-0.39, 0.29) is 24.7 Å². The Labute approximate surface area is 157 Å². The van der Waals surface area contributed by atoms with Crippen LogP contribution in [0.25, 0.3) is 0 Å². The molecule has 5 heteroatoms. The fraction of sp³-hybridized carbons (Fsp3) is 0.333. The van der Waals surface area contributed by atoms with Crippen LogP contribution >= 0.6 is 11.6 Å². The largest absolute Gasteiger partial charge is 0.361 e. The summed E-state index contributed by atoms with van der Waals surface area (Å²) in [6.07, 6.45) is 2.04. The molecule has 0 spiro atoms. The van der Waals surface area contributed by atoms with Crippen molar-refractivity contribution < 1.29 is 9.53 Å². The Hall–Kier alpha value is -2.35. The molecular formula is C21H19ClN2O2. The van der Waals surface area contributed by atoms with Crippen molar-refractivity contribution in [1.29, 1.82) is 5.26 Å². The van der Waals surface area contributed by atoms with Gasteiger partial charge in [-0.3, -0.25) is 4.79 Å². The summed E-state index contributed by atoms with van der Waals surface area (Å²) >= 11 is 6.06. The van der Waals surface area contributed by atoms with Crippen LogP contribution in [-0.2, 0) is 9.53 Å². The normalized spacial score (nSPS) is 22.9. The summed E-state index contributed by atoms with van der Waals surface area (Å²) in [5.74, 6) is 0.600. The Morgan fingerprint density at radius 1 is 1.15 bits per heavy atom. The van der Waals surface area contributed by atoms with Gasteiger partial charge in [-0.25, -0.2) is 0 Å². The minimum atomic E-state index is -0.305. The van der Waals surface area contributed by atoms with Gasteiger partial charge in [-0.05, 0) is 54.2 Å². The van der Waals surface area contributed by atoms with E-state index in [1.54, 1.807) is 6.07 Å². The number of halogens is 1. The van der Waals surface area contributed by atoms with Crippen LogP contribution in [0.2, 0.25) is 5.02 Å². The zero-order valence-corrected chi connectivity index (χ0v) is 15.0. The highest BCUT2D eigenvalue weighted by Gasteiger charge is 2.41. The average molecular weight is 367 g/mol. The molecule has 1 aliphatic heterocycles. The predicted molar refractivity (Wildman–Crippen MR) is 98.5 cm³/mol. The van der Waals surface area contributed by atoms with Crippen molar-refractivity contribution in [3.05, 3.63) is 70.2 Å². The molecule has 0 bridgehead atoms.